The minimum Gasteiger partial charge on any atom is -0.471 e. The summed E-state index contributed by atoms with van der Waals surface area (Å²) in [5.74, 6) is -0.0906. The Hall–Kier alpha value is -3.69. The molecule has 0 saturated carbocycles. The van der Waals surface area contributed by atoms with Gasteiger partial charge in [-0.05, 0) is 58.9 Å². The van der Waals surface area contributed by atoms with E-state index in [-0.39, 0.29) is 40.2 Å². The van der Waals surface area contributed by atoms with E-state index < -0.39 is 11.4 Å². The predicted octanol–water partition coefficient (Wildman–Crippen LogP) is 4.61. The van der Waals surface area contributed by atoms with Crippen molar-refractivity contribution in [1.82, 2.24) is 24.5 Å². The van der Waals surface area contributed by atoms with Crippen LogP contribution in [0.25, 0.3) is 16.9 Å². The molecule has 0 radical (unpaired) electrons. The van der Waals surface area contributed by atoms with Gasteiger partial charge in [-0.3, -0.25) is 14.3 Å². The van der Waals surface area contributed by atoms with Crippen LogP contribution in [0.15, 0.2) is 47.4 Å². The minimum absolute atomic E-state index is 0.0268. The molecule has 0 atom stereocenters. The standard InChI is InChI=1S/C26H25ClFN5O3/c1-14-7-6-8-18(30-14)13-36-23-15(2)24(34)33(16(3)31-23)21-11-17(9-10-19(21)27)22-20(28)12-29-25(32-22)26(4,5)35/h6-12,35H,13H2,1-5H3. The zero-order valence-corrected chi connectivity index (χ0v) is 21.3. The van der Waals surface area contributed by atoms with Crippen molar-refractivity contribution in [3.63, 3.8) is 0 Å². The maximum absolute atomic E-state index is 14.7. The van der Waals surface area contributed by atoms with Gasteiger partial charge in [0, 0.05) is 11.3 Å². The molecule has 0 spiro atoms. The molecule has 36 heavy (non-hydrogen) atoms. The van der Waals surface area contributed by atoms with Gasteiger partial charge in [0.15, 0.2) is 11.6 Å². The minimum atomic E-state index is -1.37. The van der Waals surface area contributed by atoms with E-state index in [1.54, 1.807) is 32.0 Å². The fourth-order valence-corrected chi connectivity index (χ4v) is 3.83. The van der Waals surface area contributed by atoms with Gasteiger partial charge in [0.2, 0.25) is 5.88 Å². The van der Waals surface area contributed by atoms with Gasteiger partial charge in [0.1, 0.15) is 23.7 Å². The molecule has 3 heterocycles. The van der Waals surface area contributed by atoms with Gasteiger partial charge >= 0.3 is 0 Å². The Morgan fingerprint density at radius 1 is 1.11 bits per heavy atom. The second kappa shape index (κ2) is 9.75. The van der Waals surface area contributed by atoms with Gasteiger partial charge < -0.3 is 9.84 Å². The average molecular weight is 510 g/mol. The molecule has 0 fully saturated rings. The Labute approximate surface area is 212 Å². The highest BCUT2D eigenvalue weighted by Gasteiger charge is 2.23. The van der Waals surface area contributed by atoms with Crippen molar-refractivity contribution in [1.29, 1.82) is 0 Å². The van der Waals surface area contributed by atoms with Crippen molar-refractivity contribution in [3.05, 3.63) is 92.4 Å². The molecule has 8 nitrogen and oxygen atoms in total. The molecule has 10 heteroatoms. The molecule has 4 rings (SSSR count). The quantitative estimate of drug-likeness (QED) is 0.405. The monoisotopic (exact) mass is 509 g/mol. The van der Waals surface area contributed by atoms with E-state index in [1.807, 2.05) is 25.1 Å². The molecule has 0 aliphatic carbocycles. The number of aryl methyl sites for hydroxylation is 2. The van der Waals surface area contributed by atoms with Crippen LogP contribution >= 0.6 is 11.6 Å². The molecular formula is C26H25ClFN5O3. The first-order chi connectivity index (χ1) is 17.0. The SMILES string of the molecule is Cc1cccc(COc2nc(C)n(-c3cc(-c4nc(C(C)(C)O)ncc4F)ccc3Cl)c(=O)c2C)n1. The maximum atomic E-state index is 14.7. The summed E-state index contributed by atoms with van der Waals surface area (Å²) in [6, 6.07) is 10.3. The van der Waals surface area contributed by atoms with Crippen LogP contribution in [0.1, 0.15) is 42.4 Å². The highest BCUT2D eigenvalue weighted by molar-refractivity contribution is 6.32. The van der Waals surface area contributed by atoms with E-state index in [0.29, 0.717) is 22.8 Å². The molecule has 1 N–H and O–H groups in total. The number of aliphatic hydroxyl groups is 1. The van der Waals surface area contributed by atoms with E-state index in [2.05, 4.69) is 19.9 Å². The Balaban J connectivity index is 1.75. The van der Waals surface area contributed by atoms with Crippen molar-refractivity contribution >= 4 is 11.6 Å². The lowest BCUT2D eigenvalue weighted by Crippen LogP contribution is -2.25. The second-order valence-corrected chi connectivity index (χ2v) is 9.31. The van der Waals surface area contributed by atoms with Crippen LogP contribution in [-0.2, 0) is 12.2 Å². The van der Waals surface area contributed by atoms with E-state index >= 15 is 0 Å². The van der Waals surface area contributed by atoms with Crippen LogP contribution in [0.3, 0.4) is 0 Å². The molecule has 0 aliphatic heterocycles. The number of hydrogen-bond donors (Lipinski definition) is 1. The summed E-state index contributed by atoms with van der Waals surface area (Å²) < 4.78 is 21.8. The van der Waals surface area contributed by atoms with Gasteiger partial charge in [0.05, 0.1) is 28.2 Å². The molecule has 0 bridgehead atoms. The van der Waals surface area contributed by atoms with Gasteiger partial charge in [-0.2, -0.15) is 4.98 Å². The van der Waals surface area contributed by atoms with E-state index in [9.17, 15) is 14.3 Å². The lowest BCUT2D eigenvalue weighted by atomic mass is 10.1. The molecule has 1 aromatic carbocycles. The number of ether oxygens (including phenoxy) is 1. The van der Waals surface area contributed by atoms with Gasteiger partial charge in [-0.15, -0.1) is 0 Å². The smallest absolute Gasteiger partial charge is 0.264 e. The Morgan fingerprint density at radius 3 is 2.56 bits per heavy atom. The first kappa shape index (κ1) is 25.4. The van der Waals surface area contributed by atoms with Crippen LogP contribution in [0.5, 0.6) is 5.88 Å². The fraction of sp³-hybridized carbons (Fsp3) is 0.269. The van der Waals surface area contributed by atoms with Crippen LogP contribution < -0.4 is 10.3 Å². The normalized spacial score (nSPS) is 11.6. The summed E-state index contributed by atoms with van der Waals surface area (Å²) >= 11 is 6.46. The molecule has 3 aromatic heterocycles. The van der Waals surface area contributed by atoms with Gasteiger partial charge in [-0.1, -0.05) is 23.7 Å². The first-order valence-electron chi connectivity index (χ1n) is 11.2. The van der Waals surface area contributed by atoms with Gasteiger partial charge in [0.25, 0.3) is 5.56 Å². The maximum Gasteiger partial charge on any atom is 0.264 e. The van der Waals surface area contributed by atoms with E-state index in [4.69, 9.17) is 16.3 Å². The molecule has 0 unspecified atom stereocenters. The van der Waals surface area contributed by atoms with Crippen LogP contribution in [0, 0.1) is 26.6 Å². The second-order valence-electron chi connectivity index (χ2n) is 8.90. The lowest BCUT2D eigenvalue weighted by molar-refractivity contribution is 0.0686. The number of nitrogens with zero attached hydrogens (tertiary/aromatic N) is 5. The summed E-state index contributed by atoms with van der Waals surface area (Å²) in [5, 5.41) is 10.5. The van der Waals surface area contributed by atoms with Crippen LogP contribution in [0.4, 0.5) is 4.39 Å². The first-order valence-corrected chi connectivity index (χ1v) is 11.5. The summed E-state index contributed by atoms with van der Waals surface area (Å²) in [7, 11) is 0. The van der Waals surface area contributed by atoms with Crippen molar-refractivity contribution in [3.8, 4) is 22.8 Å². The summed E-state index contributed by atoms with van der Waals surface area (Å²) in [6.45, 7) is 8.32. The third-order valence-electron chi connectivity index (χ3n) is 5.49. The Morgan fingerprint density at radius 2 is 1.86 bits per heavy atom. The van der Waals surface area contributed by atoms with E-state index in [0.717, 1.165) is 11.9 Å². The summed E-state index contributed by atoms with van der Waals surface area (Å²) in [5.41, 5.74) is 0.748. The van der Waals surface area contributed by atoms with E-state index in [1.165, 1.54) is 18.4 Å². The Bertz CT molecular complexity index is 1510. The molecular weight excluding hydrogens is 485 g/mol. The molecule has 4 aromatic rings. The number of aromatic nitrogens is 5. The van der Waals surface area contributed by atoms with Crippen molar-refractivity contribution < 1.29 is 14.2 Å². The summed E-state index contributed by atoms with van der Waals surface area (Å²) in [4.78, 5) is 30.3. The van der Waals surface area contributed by atoms with Crippen molar-refractivity contribution in [2.45, 2.75) is 46.8 Å². The highest BCUT2D eigenvalue weighted by Crippen LogP contribution is 2.30. The zero-order chi connectivity index (χ0) is 26.2. The number of benzene rings is 1. The highest BCUT2D eigenvalue weighted by atomic mass is 35.5. The lowest BCUT2D eigenvalue weighted by Gasteiger charge is -2.18. The molecule has 0 saturated heterocycles. The average Bonchev–Trinajstić information content (AvgIpc) is 2.81. The molecule has 0 amide bonds. The number of pyridine rings is 1. The predicted molar refractivity (Wildman–Crippen MR) is 134 cm³/mol. The number of rotatable bonds is 6. The molecule has 186 valence electrons. The largest absolute Gasteiger partial charge is 0.471 e. The van der Waals surface area contributed by atoms with Crippen LogP contribution in [-0.4, -0.2) is 29.6 Å². The third kappa shape index (κ3) is 5.12. The number of halogens is 2. The van der Waals surface area contributed by atoms with Crippen LogP contribution in [0.2, 0.25) is 5.02 Å². The van der Waals surface area contributed by atoms with Gasteiger partial charge in [-0.25, -0.2) is 14.4 Å². The third-order valence-corrected chi connectivity index (χ3v) is 5.81. The summed E-state index contributed by atoms with van der Waals surface area (Å²) in [6.07, 6.45) is 1.00. The fourth-order valence-electron chi connectivity index (χ4n) is 3.63. The number of hydrogen-bond acceptors (Lipinski definition) is 7. The Kier molecular flexibility index (Phi) is 6.88. The molecule has 0 aliphatic rings. The zero-order valence-electron chi connectivity index (χ0n) is 20.5. The topological polar surface area (TPSA) is 103 Å². The van der Waals surface area contributed by atoms with Crippen molar-refractivity contribution in [2.24, 2.45) is 0 Å². The van der Waals surface area contributed by atoms with Crippen molar-refractivity contribution in [2.75, 3.05) is 0 Å².